The van der Waals surface area contributed by atoms with Crippen molar-refractivity contribution in [1.82, 2.24) is 5.32 Å². The topological polar surface area (TPSA) is 41.1 Å². The largest absolute Gasteiger partial charge is 0.325 e. The van der Waals surface area contributed by atoms with Gasteiger partial charge in [0, 0.05) is 24.4 Å². The molecule has 1 amide bonds. The average Bonchev–Trinajstić information content (AvgIpc) is 3.11. The second-order valence-electron chi connectivity index (χ2n) is 6.45. The molecule has 2 N–H and O–H groups in total. The lowest BCUT2D eigenvalue weighted by atomic mass is 9.84. The number of fused-ring (bicyclic) bond motifs is 2. The van der Waals surface area contributed by atoms with Crippen LogP contribution in [0.15, 0.2) is 11.4 Å². The summed E-state index contributed by atoms with van der Waals surface area (Å²) in [5.41, 5.74) is 0.968. The van der Waals surface area contributed by atoms with Gasteiger partial charge >= 0.3 is 0 Å². The van der Waals surface area contributed by atoms with E-state index < -0.39 is 0 Å². The molecule has 0 aliphatic heterocycles. The van der Waals surface area contributed by atoms with Crippen molar-refractivity contribution in [2.45, 2.75) is 52.1 Å². The van der Waals surface area contributed by atoms with E-state index in [4.69, 9.17) is 0 Å². The Bertz CT molecular complexity index is 485. The molecule has 2 bridgehead atoms. The molecule has 1 aromatic heterocycles. The first-order chi connectivity index (χ1) is 9.63. The molecule has 3 nitrogen and oxygen atoms in total. The van der Waals surface area contributed by atoms with E-state index in [2.05, 4.69) is 17.6 Å². The van der Waals surface area contributed by atoms with Crippen LogP contribution < -0.4 is 10.6 Å². The maximum absolute atomic E-state index is 11.2. The standard InChI is InChI=1S/C16H24N2OS/c1-10(14-8-12-3-4-13(14)7-12)17-9-16-15(5-6-20-16)18-11(2)19/h5-6,10,12-14,17H,3-4,7-9H2,1-2H3,(H,18,19). The minimum absolute atomic E-state index is 0.00537. The Morgan fingerprint density at radius 3 is 2.95 bits per heavy atom. The molecule has 2 aliphatic carbocycles. The number of rotatable bonds is 5. The molecule has 4 unspecified atom stereocenters. The van der Waals surface area contributed by atoms with E-state index in [-0.39, 0.29) is 5.91 Å². The molecule has 0 radical (unpaired) electrons. The van der Waals surface area contributed by atoms with Gasteiger partial charge in [0.2, 0.25) is 5.91 Å². The Hall–Kier alpha value is -0.870. The number of amides is 1. The number of thiophene rings is 1. The highest BCUT2D eigenvalue weighted by atomic mass is 32.1. The summed E-state index contributed by atoms with van der Waals surface area (Å²) in [5, 5.41) is 8.64. The Kier molecular flexibility index (Phi) is 4.13. The van der Waals surface area contributed by atoms with Gasteiger partial charge in [-0.25, -0.2) is 0 Å². The molecular formula is C16H24N2OS. The van der Waals surface area contributed by atoms with Gasteiger partial charge in [0.15, 0.2) is 0 Å². The van der Waals surface area contributed by atoms with Crippen LogP contribution in [0.2, 0.25) is 0 Å². The van der Waals surface area contributed by atoms with Gasteiger partial charge in [-0.15, -0.1) is 11.3 Å². The molecule has 0 aromatic carbocycles. The summed E-state index contributed by atoms with van der Waals surface area (Å²) in [6.45, 7) is 4.76. The molecule has 2 fully saturated rings. The van der Waals surface area contributed by atoms with Crippen molar-refractivity contribution in [3.05, 3.63) is 16.3 Å². The van der Waals surface area contributed by atoms with Gasteiger partial charge in [0.25, 0.3) is 0 Å². The zero-order chi connectivity index (χ0) is 14.1. The molecule has 110 valence electrons. The Morgan fingerprint density at radius 2 is 2.30 bits per heavy atom. The van der Waals surface area contributed by atoms with Gasteiger partial charge in [-0.05, 0) is 55.4 Å². The minimum atomic E-state index is 0.00537. The normalized spacial score (nSPS) is 29.6. The van der Waals surface area contributed by atoms with E-state index in [0.717, 1.165) is 30.0 Å². The fraction of sp³-hybridized carbons (Fsp3) is 0.688. The number of carbonyl (C=O) groups is 1. The molecule has 0 saturated heterocycles. The molecule has 3 rings (SSSR count). The number of nitrogens with one attached hydrogen (secondary N) is 2. The van der Waals surface area contributed by atoms with Gasteiger partial charge < -0.3 is 10.6 Å². The highest BCUT2D eigenvalue weighted by Gasteiger charge is 2.41. The van der Waals surface area contributed by atoms with Crippen molar-refractivity contribution < 1.29 is 4.79 Å². The molecule has 4 atom stereocenters. The molecule has 2 aliphatic rings. The number of anilines is 1. The van der Waals surface area contributed by atoms with Crippen molar-refractivity contribution in [3.63, 3.8) is 0 Å². The predicted molar refractivity (Wildman–Crippen MR) is 83.9 cm³/mol. The van der Waals surface area contributed by atoms with Crippen LogP contribution >= 0.6 is 11.3 Å². The van der Waals surface area contributed by atoms with E-state index in [0.29, 0.717) is 6.04 Å². The Morgan fingerprint density at radius 1 is 1.45 bits per heavy atom. The Labute approximate surface area is 125 Å². The fourth-order valence-corrected chi connectivity index (χ4v) is 4.87. The summed E-state index contributed by atoms with van der Waals surface area (Å²) in [6.07, 6.45) is 5.79. The van der Waals surface area contributed by atoms with Crippen LogP contribution in [-0.2, 0) is 11.3 Å². The third-order valence-electron chi connectivity index (χ3n) is 5.08. The smallest absolute Gasteiger partial charge is 0.221 e. The number of carbonyl (C=O) groups excluding carboxylic acids is 1. The monoisotopic (exact) mass is 292 g/mol. The maximum Gasteiger partial charge on any atom is 0.221 e. The number of hydrogen-bond donors (Lipinski definition) is 2. The fourth-order valence-electron chi connectivity index (χ4n) is 4.09. The molecule has 4 heteroatoms. The molecule has 0 spiro atoms. The minimum Gasteiger partial charge on any atom is -0.325 e. The van der Waals surface area contributed by atoms with Gasteiger partial charge in [0.05, 0.1) is 5.69 Å². The van der Waals surface area contributed by atoms with Gasteiger partial charge in [-0.3, -0.25) is 4.79 Å². The van der Waals surface area contributed by atoms with Gasteiger partial charge in [-0.2, -0.15) is 0 Å². The highest BCUT2D eigenvalue weighted by Crippen LogP contribution is 2.49. The van der Waals surface area contributed by atoms with E-state index >= 15 is 0 Å². The van der Waals surface area contributed by atoms with Gasteiger partial charge in [-0.1, -0.05) is 6.42 Å². The van der Waals surface area contributed by atoms with Gasteiger partial charge in [0.1, 0.15) is 0 Å². The summed E-state index contributed by atoms with van der Waals surface area (Å²) in [5.74, 6) is 2.83. The van der Waals surface area contributed by atoms with E-state index in [1.54, 1.807) is 18.3 Å². The molecule has 20 heavy (non-hydrogen) atoms. The van der Waals surface area contributed by atoms with Crippen molar-refractivity contribution in [2.24, 2.45) is 17.8 Å². The summed E-state index contributed by atoms with van der Waals surface area (Å²) in [6, 6.07) is 2.57. The van der Waals surface area contributed by atoms with Crippen LogP contribution in [-0.4, -0.2) is 11.9 Å². The molecular weight excluding hydrogens is 268 g/mol. The molecule has 1 heterocycles. The van der Waals surface area contributed by atoms with Crippen molar-refractivity contribution in [1.29, 1.82) is 0 Å². The zero-order valence-electron chi connectivity index (χ0n) is 12.3. The lowest BCUT2D eigenvalue weighted by molar-refractivity contribution is -0.114. The maximum atomic E-state index is 11.2. The quantitative estimate of drug-likeness (QED) is 0.870. The Balaban J connectivity index is 1.54. The van der Waals surface area contributed by atoms with Crippen LogP contribution in [0.25, 0.3) is 0 Å². The summed E-state index contributed by atoms with van der Waals surface area (Å²) < 4.78 is 0. The van der Waals surface area contributed by atoms with E-state index in [9.17, 15) is 4.79 Å². The first-order valence-corrected chi connectivity index (χ1v) is 8.58. The molecule has 2 saturated carbocycles. The zero-order valence-corrected chi connectivity index (χ0v) is 13.1. The van der Waals surface area contributed by atoms with Crippen LogP contribution in [0.4, 0.5) is 5.69 Å². The third-order valence-corrected chi connectivity index (χ3v) is 6.00. The SMILES string of the molecule is CC(=O)Nc1ccsc1CNC(C)C1CC2CCC1C2. The third kappa shape index (κ3) is 2.91. The van der Waals surface area contributed by atoms with Crippen LogP contribution in [0.5, 0.6) is 0 Å². The van der Waals surface area contributed by atoms with Crippen molar-refractivity contribution >= 4 is 22.9 Å². The van der Waals surface area contributed by atoms with E-state index in [1.165, 1.54) is 30.6 Å². The summed E-state index contributed by atoms with van der Waals surface area (Å²) in [4.78, 5) is 12.4. The summed E-state index contributed by atoms with van der Waals surface area (Å²) >= 11 is 1.71. The van der Waals surface area contributed by atoms with Crippen LogP contribution in [0, 0.1) is 17.8 Å². The second-order valence-corrected chi connectivity index (χ2v) is 7.45. The highest BCUT2D eigenvalue weighted by molar-refractivity contribution is 7.10. The van der Waals surface area contributed by atoms with Crippen LogP contribution in [0.3, 0.4) is 0 Å². The van der Waals surface area contributed by atoms with E-state index in [1.807, 2.05) is 11.4 Å². The van der Waals surface area contributed by atoms with Crippen molar-refractivity contribution in [3.8, 4) is 0 Å². The summed E-state index contributed by atoms with van der Waals surface area (Å²) in [7, 11) is 0. The molecule has 1 aromatic rings. The lowest BCUT2D eigenvalue weighted by Crippen LogP contribution is -2.35. The average molecular weight is 292 g/mol. The van der Waals surface area contributed by atoms with Crippen LogP contribution in [0.1, 0.15) is 44.4 Å². The lowest BCUT2D eigenvalue weighted by Gasteiger charge is -2.28. The first-order valence-electron chi connectivity index (χ1n) is 7.71. The second kappa shape index (κ2) is 5.86. The number of hydrogen-bond acceptors (Lipinski definition) is 3. The first kappa shape index (κ1) is 14.1. The predicted octanol–water partition coefficient (Wildman–Crippen LogP) is 3.62. The van der Waals surface area contributed by atoms with Crippen molar-refractivity contribution in [2.75, 3.05) is 5.32 Å².